The Bertz CT molecular complexity index is 165. The minimum atomic E-state index is -0.727. The third-order valence-corrected chi connectivity index (χ3v) is 3.08. The van der Waals surface area contributed by atoms with Crippen molar-refractivity contribution < 1.29 is 15.0 Å². The Kier molecular flexibility index (Phi) is 3.72. The minimum Gasteiger partial charge on any atom is -0.481 e. The van der Waals surface area contributed by atoms with Gasteiger partial charge in [-0.1, -0.05) is 19.3 Å². The maximum absolute atomic E-state index is 10.7. The first kappa shape index (κ1) is 10.5. The molecule has 76 valence electrons. The van der Waals surface area contributed by atoms with E-state index in [0.29, 0.717) is 6.42 Å². The summed E-state index contributed by atoms with van der Waals surface area (Å²) in [6.07, 6.45) is 6.28. The molecule has 0 unspecified atom stereocenters. The lowest BCUT2D eigenvalue weighted by Crippen LogP contribution is -2.28. The highest BCUT2D eigenvalue weighted by molar-refractivity contribution is 5.67. The van der Waals surface area contributed by atoms with E-state index in [-0.39, 0.29) is 18.4 Å². The fourth-order valence-corrected chi connectivity index (χ4v) is 2.37. The van der Waals surface area contributed by atoms with E-state index in [0.717, 1.165) is 25.7 Å². The maximum atomic E-state index is 10.7. The number of rotatable bonds is 4. The van der Waals surface area contributed by atoms with Crippen molar-refractivity contribution in [1.82, 2.24) is 0 Å². The molecule has 0 aromatic heterocycles. The summed E-state index contributed by atoms with van der Waals surface area (Å²) in [6.45, 7) is 0.118. The van der Waals surface area contributed by atoms with Gasteiger partial charge in [-0.2, -0.15) is 0 Å². The highest BCUT2D eigenvalue weighted by Crippen LogP contribution is 2.41. The van der Waals surface area contributed by atoms with E-state index in [1.165, 1.54) is 6.42 Å². The van der Waals surface area contributed by atoms with Gasteiger partial charge in [-0.25, -0.2) is 0 Å². The lowest BCUT2D eigenvalue weighted by atomic mass is 9.70. The highest BCUT2D eigenvalue weighted by atomic mass is 16.4. The number of hydrogen-bond acceptors (Lipinski definition) is 2. The van der Waals surface area contributed by atoms with Crippen molar-refractivity contribution in [1.29, 1.82) is 0 Å². The lowest BCUT2D eigenvalue weighted by molar-refractivity contribution is -0.140. The predicted molar refractivity (Wildman–Crippen MR) is 49.5 cm³/mol. The maximum Gasteiger partial charge on any atom is 0.303 e. The molecule has 0 heterocycles. The summed E-state index contributed by atoms with van der Waals surface area (Å²) in [5, 5.41) is 17.7. The molecule has 1 fully saturated rings. The standard InChI is InChI=1S/C10H18O3/c11-7-6-10(8-9(12)13)4-2-1-3-5-10/h11H,1-8H2,(H,12,13). The monoisotopic (exact) mass is 186 g/mol. The van der Waals surface area contributed by atoms with Crippen molar-refractivity contribution in [3.63, 3.8) is 0 Å². The summed E-state index contributed by atoms with van der Waals surface area (Å²) in [5.41, 5.74) is -0.0984. The number of carboxylic acids is 1. The molecular weight excluding hydrogens is 168 g/mol. The molecule has 1 rings (SSSR count). The third kappa shape index (κ3) is 2.99. The molecule has 0 bridgehead atoms. The first-order valence-electron chi connectivity index (χ1n) is 5.01. The zero-order chi connectivity index (χ0) is 9.73. The molecule has 0 spiro atoms. The molecule has 2 N–H and O–H groups in total. The smallest absolute Gasteiger partial charge is 0.303 e. The largest absolute Gasteiger partial charge is 0.481 e. The topological polar surface area (TPSA) is 57.5 Å². The second-order valence-electron chi connectivity index (χ2n) is 4.10. The van der Waals surface area contributed by atoms with Crippen molar-refractivity contribution in [3.8, 4) is 0 Å². The van der Waals surface area contributed by atoms with E-state index >= 15 is 0 Å². The van der Waals surface area contributed by atoms with E-state index in [4.69, 9.17) is 10.2 Å². The molecule has 1 saturated carbocycles. The Morgan fingerprint density at radius 2 is 1.85 bits per heavy atom. The van der Waals surface area contributed by atoms with Gasteiger partial charge in [-0.3, -0.25) is 4.79 Å². The van der Waals surface area contributed by atoms with Gasteiger partial charge < -0.3 is 10.2 Å². The van der Waals surface area contributed by atoms with E-state index in [1.807, 2.05) is 0 Å². The van der Waals surface area contributed by atoms with Gasteiger partial charge in [0.05, 0.1) is 6.42 Å². The Hall–Kier alpha value is -0.570. The second-order valence-corrected chi connectivity index (χ2v) is 4.10. The van der Waals surface area contributed by atoms with Crippen LogP contribution in [-0.2, 0) is 4.79 Å². The molecule has 0 aromatic carbocycles. The fourth-order valence-electron chi connectivity index (χ4n) is 2.37. The quantitative estimate of drug-likeness (QED) is 0.703. The van der Waals surface area contributed by atoms with Gasteiger partial charge in [0.1, 0.15) is 0 Å². The Labute approximate surface area is 78.8 Å². The van der Waals surface area contributed by atoms with Crippen LogP contribution in [0.15, 0.2) is 0 Å². The van der Waals surface area contributed by atoms with E-state index in [1.54, 1.807) is 0 Å². The molecule has 0 aromatic rings. The van der Waals surface area contributed by atoms with Crippen molar-refractivity contribution in [3.05, 3.63) is 0 Å². The molecule has 13 heavy (non-hydrogen) atoms. The lowest BCUT2D eigenvalue weighted by Gasteiger charge is -2.35. The molecule has 0 atom stereocenters. The first-order valence-corrected chi connectivity index (χ1v) is 5.01. The van der Waals surface area contributed by atoms with Crippen LogP contribution in [0.1, 0.15) is 44.9 Å². The van der Waals surface area contributed by atoms with Gasteiger partial charge >= 0.3 is 5.97 Å². The molecule has 3 heteroatoms. The van der Waals surface area contributed by atoms with Crippen LogP contribution in [-0.4, -0.2) is 22.8 Å². The van der Waals surface area contributed by atoms with E-state index in [2.05, 4.69) is 0 Å². The molecule has 0 amide bonds. The normalized spacial score (nSPS) is 21.3. The number of carboxylic acid groups (broad SMARTS) is 1. The summed E-state index contributed by atoms with van der Waals surface area (Å²) in [7, 11) is 0. The molecule has 1 aliphatic carbocycles. The average molecular weight is 186 g/mol. The fraction of sp³-hybridized carbons (Fsp3) is 0.900. The van der Waals surface area contributed by atoms with Gasteiger partial charge in [0.15, 0.2) is 0 Å². The van der Waals surface area contributed by atoms with Gasteiger partial charge in [-0.15, -0.1) is 0 Å². The van der Waals surface area contributed by atoms with Gasteiger partial charge in [0.25, 0.3) is 0 Å². The number of hydrogen-bond donors (Lipinski definition) is 2. The average Bonchev–Trinajstić information content (AvgIpc) is 2.04. The van der Waals surface area contributed by atoms with Crippen LogP contribution in [0.25, 0.3) is 0 Å². The van der Waals surface area contributed by atoms with Crippen LogP contribution in [0, 0.1) is 5.41 Å². The SMILES string of the molecule is O=C(O)CC1(CCO)CCCCC1. The van der Waals surface area contributed by atoms with Gasteiger partial charge in [-0.05, 0) is 24.7 Å². The highest BCUT2D eigenvalue weighted by Gasteiger charge is 2.33. The van der Waals surface area contributed by atoms with Crippen LogP contribution in [0.4, 0.5) is 0 Å². The summed E-state index contributed by atoms with van der Waals surface area (Å²) < 4.78 is 0. The minimum absolute atomic E-state index is 0.0984. The molecule has 0 radical (unpaired) electrons. The first-order chi connectivity index (χ1) is 6.18. The Morgan fingerprint density at radius 3 is 2.31 bits per heavy atom. The third-order valence-electron chi connectivity index (χ3n) is 3.08. The van der Waals surface area contributed by atoms with E-state index < -0.39 is 5.97 Å². The van der Waals surface area contributed by atoms with Crippen molar-refractivity contribution >= 4 is 5.97 Å². The van der Waals surface area contributed by atoms with Crippen LogP contribution in [0.2, 0.25) is 0 Å². The zero-order valence-corrected chi connectivity index (χ0v) is 7.96. The van der Waals surface area contributed by atoms with Crippen LogP contribution < -0.4 is 0 Å². The number of aliphatic hydroxyl groups excluding tert-OH is 1. The summed E-state index contributed by atoms with van der Waals surface area (Å²) in [6, 6.07) is 0. The van der Waals surface area contributed by atoms with Gasteiger partial charge in [0.2, 0.25) is 0 Å². The molecular formula is C10H18O3. The van der Waals surface area contributed by atoms with E-state index in [9.17, 15) is 4.79 Å². The van der Waals surface area contributed by atoms with Crippen molar-refractivity contribution in [2.24, 2.45) is 5.41 Å². The number of aliphatic hydroxyl groups is 1. The molecule has 0 saturated heterocycles. The summed E-state index contributed by atoms with van der Waals surface area (Å²) >= 11 is 0. The number of carbonyl (C=O) groups is 1. The zero-order valence-electron chi connectivity index (χ0n) is 7.96. The summed E-state index contributed by atoms with van der Waals surface area (Å²) in [5.74, 6) is -0.727. The Morgan fingerprint density at radius 1 is 1.23 bits per heavy atom. The summed E-state index contributed by atoms with van der Waals surface area (Å²) in [4.78, 5) is 10.7. The van der Waals surface area contributed by atoms with Gasteiger partial charge in [0, 0.05) is 6.61 Å². The Balaban J connectivity index is 2.55. The second kappa shape index (κ2) is 4.61. The van der Waals surface area contributed by atoms with Crippen molar-refractivity contribution in [2.75, 3.05) is 6.61 Å². The van der Waals surface area contributed by atoms with Crippen molar-refractivity contribution in [2.45, 2.75) is 44.9 Å². The molecule has 0 aliphatic heterocycles. The van der Waals surface area contributed by atoms with Crippen LogP contribution >= 0.6 is 0 Å². The van der Waals surface area contributed by atoms with Crippen LogP contribution in [0.3, 0.4) is 0 Å². The number of aliphatic carboxylic acids is 1. The molecule has 3 nitrogen and oxygen atoms in total. The molecule has 1 aliphatic rings. The van der Waals surface area contributed by atoms with Crippen LogP contribution in [0.5, 0.6) is 0 Å². The predicted octanol–water partition coefficient (Wildman–Crippen LogP) is 1.79.